The van der Waals surface area contributed by atoms with Crippen LogP contribution in [-0.4, -0.2) is 5.97 Å². The summed E-state index contributed by atoms with van der Waals surface area (Å²) >= 11 is 5.66. The Kier molecular flexibility index (Phi) is 4.25. The fourth-order valence-electron chi connectivity index (χ4n) is 1.80. The van der Waals surface area contributed by atoms with E-state index < -0.39 is 11.8 Å². The highest BCUT2D eigenvalue weighted by Crippen LogP contribution is 2.19. The number of nitrogens with two attached hydrogens (primary N) is 1. The van der Waals surface area contributed by atoms with E-state index in [1.54, 1.807) is 31.2 Å². The maximum Gasteiger partial charge on any atom is 0.338 e. The normalized spacial score (nSPS) is 10.3. The molecule has 0 fully saturated rings. The molecule has 0 saturated heterocycles. The van der Waals surface area contributed by atoms with Crippen LogP contribution in [0.4, 0.5) is 10.1 Å². The first-order valence-electron chi connectivity index (χ1n) is 5.95. The minimum Gasteiger partial charge on any atom is -0.457 e. The van der Waals surface area contributed by atoms with Crippen LogP contribution >= 0.6 is 11.6 Å². The molecule has 104 valence electrons. The van der Waals surface area contributed by atoms with E-state index in [2.05, 4.69) is 0 Å². The molecule has 0 atom stereocenters. The first-order chi connectivity index (χ1) is 9.49. The van der Waals surface area contributed by atoms with Gasteiger partial charge in [-0.2, -0.15) is 0 Å². The van der Waals surface area contributed by atoms with Crippen LogP contribution in [0, 0.1) is 12.7 Å². The van der Waals surface area contributed by atoms with Crippen LogP contribution in [0.3, 0.4) is 0 Å². The van der Waals surface area contributed by atoms with Crippen molar-refractivity contribution in [2.24, 2.45) is 0 Å². The minimum atomic E-state index is -0.573. The Morgan fingerprint density at radius 3 is 2.80 bits per heavy atom. The molecule has 2 aromatic carbocycles. The molecule has 0 saturated carbocycles. The van der Waals surface area contributed by atoms with Crippen LogP contribution in [0.5, 0.6) is 0 Å². The molecule has 0 spiro atoms. The van der Waals surface area contributed by atoms with Gasteiger partial charge in [0, 0.05) is 11.3 Å². The van der Waals surface area contributed by atoms with E-state index in [-0.39, 0.29) is 17.2 Å². The molecule has 0 bridgehead atoms. The smallest absolute Gasteiger partial charge is 0.338 e. The lowest BCUT2D eigenvalue weighted by atomic mass is 10.1. The van der Waals surface area contributed by atoms with Gasteiger partial charge in [0.05, 0.1) is 10.6 Å². The van der Waals surface area contributed by atoms with Crippen molar-refractivity contribution < 1.29 is 13.9 Å². The number of anilines is 1. The quantitative estimate of drug-likeness (QED) is 0.693. The number of carbonyl (C=O) groups is 1. The summed E-state index contributed by atoms with van der Waals surface area (Å²) < 4.78 is 18.7. The van der Waals surface area contributed by atoms with E-state index >= 15 is 0 Å². The highest BCUT2D eigenvalue weighted by molar-refractivity contribution is 6.30. The third kappa shape index (κ3) is 3.08. The molecular formula is C15H13ClFNO2. The number of esters is 1. The molecule has 0 amide bonds. The van der Waals surface area contributed by atoms with Crippen molar-refractivity contribution >= 4 is 23.3 Å². The van der Waals surface area contributed by atoms with Crippen molar-refractivity contribution in [3.63, 3.8) is 0 Å². The van der Waals surface area contributed by atoms with E-state index in [1.165, 1.54) is 12.1 Å². The van der Waals surface area contributed by atoms with E-state index in [0.717, 1.165) is 0 Å². The average Bonchev–Trinajstić information content (AvgIpc) is 2.40. The Labute approximate surface area is 121 Å². The van der Waals surface area contributed by atoms with Gasteiger partial charge in [-0.3, -0.25) is 0 Å². The fourth-order valence-corrected chi connectivity index (χ4v) is 1.99. The summed E-state index contributed by atoms with van der Waals surface area (Å²) in [6, 6.07) is 9.43. The van der Waals surface area contributed by atoms with E-state index in [0.29, 0.717) is 16.8 Å². The largest absolute Gasteiger partial charge is 0.457 e. The van der Waals surface area contributed by atoms with Gasteiger partial charge < -0.3 is 10.5 Å². The van der Waals surface area contributed by atoms with Gasteiger partial charge in [-0.1, -0.05) is 23.7 Å². The van der Waals surface area contributed by atoms with Crippen molar-refractivity contribution in [2.75, 3.05) is 5.73 Å². The summed E-state index contributed by atoms with van der Waals surface area (Å²) in [5.41, 5.74) is 7.53. The molecule has 0 heterocycles. The lowest BCUT2D eigenvalue weighted by molar-refractivity contribution is 0.0468. The molecule has 0 aliphatic carbocycles. The third-order valence-corrected chi connectivity index (χ3v) is 3.15. The third-order valence-electron chi connectivity index (χ3n) is 2.86. The van der Waals surface area contributed by atoms with Gasteiger partial charge in [-0.25, -0.2) is 9.18 Å². The molecular weight excluding hydrogens is 281 g/mol. The fraction of sp³-hybridized carbons (Fsp3) is 0.133. The maximum absolute atomic E-state index is 13.6. The number of halogens is 2. The number of ether oxygens (including phenoxy) is 1. The van der Waals surface area contributed by atoms with Crippen LogP contribution in [0.15, 0.2) is 36.4 Å². The van der Waals surface area contributed by atoms with Gasteiger partial charge in [-0.05, 0) is 36.8 Å². The highest BCUT2D eigenvalue weighted by Gasteiger charge is 2.13. The minimum absolute atomic E-state index is 0.00205. The van der Waals surface area contributed by atoms with Crippen molar-refractivity contribution in [1.29, 1.82) is 0 Å². The van der Waals surface area contributed by atoms with Crippen LogP contribution in [-0.2, 0) is 11.3 Å². The van der Waals surface area contributed by atoms with Gasteiger partial charge in [0.25, 0.3) is 0 Å². The summed E-state index contributed by atoms with van der Waals surface area (Å²) in [6.07, 6.45) is 0. The van der Waals surface area contributed by atoms with E-state index in [1.807, 2.05) is 0 Å². The Bertz CT molecular complexity index is 658. The number of rotatable bonds is 3. The molecule has 5 heteroatoms. The number of hydrogen-bond donors (Lipinski definition) is 1. The van der Waals surface area contributed by atoms with Crippen molar-refractivity contribution in [3.05, 3.63) is 63.9 Å². The maximum atomic E-state index is 13.6. The predicted molar refractivity (Wildman–Crippen MR) is 76.1 cm³/mol. The Morgan fingerprint density at radius 2 is 2.10 bits per heavy atom. The Morgan fingerprint density at radius 1 is 1.35 bits per heavy atom. The molecule has 0 aromatic heterocycles. The zero-order valence-corrected chi connectivity index (χ0v) is 11.6. The van der Waals surface area contributed by atoms with Gasteiger partial charge in [0.15, 0.2) is 0 Å². The van der Waals surface area contributed by atoms with E-state index in [9.17, 15) is 9.18 Å². The van der Waals surface area contributed by atoms with Crippen LogP contribution in [0.25, 0.3) is 0 Å². The Hall–Kier alpha value is -2.07. The number of carbonyl (C=O) groups excluding carboxylic acids is 1. The lowest BCUT2D eigenvalue weighted by Gasteiger charge is -2.09. The standard InChI is InChI=1S/C15H13ClFNO2/c1-9-7-11(18)5-6-12(9)15(19)20-8-10-3-2-4-13(16)14(10)17/h2-7H,8,18H2,1H3. The highest BCUT2D eigenvalue weighted by atomic mass is 35.5. The predicted octanol–water partition coefficient (Wildman–Crippen LogP) is 3.73. The average molecular weight is 294 g/mol. The summed E-state index contributed by atoms with van der Waals surface area (Å²) in [5.74, 6) is -1.10. The van der Waals surface area contributed by atoms with Crippen molar-refractivity contribution in [1.82, 2.24) is 0 Å². The molecule has 2 aromatic rings. The zero-order valence-electron chi connectivity index (χ0n) is 10.8. The molecule has 3 nitrogen and oxygen atoms in total. The summed E-state index contributed by atoms with van der Waals surface area (Å²) in [4.78, 5) is 11.9. The van der Waals surface area contributed by atoms with Gasteiger partial charge in [0.1, 0.15) is 12.4 Å². The molecule has 20 heavy (non-hydrogen) atoms. The first-order valence-corrected chi connectivity index (χ1v) is 6.33. The van der Waals surface area contributed by atoms with Crippen molar-refractivity contribution in [3.8, 4) is 0 Å². The number of benzene rings is 2. The number of aryl methyl sites for hydroxylation is 1. The van der Waals surface area contributed by atoms with Crippen LogP contribution in [0.1, 0.15) is 21.5 Å². The molecule has 2 rings (SSSR count). The summed E-state index contributed by atoms with van der Waals surface area (Å²) in [7, 11) is 0. The summed E-state index contributed by atoms with van der Waals surface area (Å²) in [6.45, 7) is 1.59. The SMILES string of the molecule is Cc1cc(N)ccc1C(=O)OCc1cccc(Cl)c1F. The van der Waals surface area contributed by atoms with Gasteiger partial charge in [-0.15, -0.1) is 0 Å². The van der Waals surface area contributed by atoms with Crippen LogP contribution < -0.4 is 5.73 Å². The molecule has 0 radical (unpaired) electrons. The Balaban J connectivity index is 2.11. The zero-order chi connectivity index (χ0) is 14.7. The molecule has 0 unspecified atom stereocenters. The first kappa shape index (κ1) is 14.3. The molecule has 2 N–H and O–H groups in total. The van der Waals surface area contributed by atoms with E-state index in [4.69, 9.17) is 22.1 Å². The van der Waals surface area contributed by atoms with Gasteiger partial charge >= 0.3 is 5.97 Å². The number of nitrogen functional groups attached to an aromatic ring is 1. The van der Waals surface area contributed by atoms with Crippen LogP contribution in [0.2, 0.25) is 5.02 Å². The number of hydrogen-bond acceptors (Lipinski definition) is 3. The second kappa shape index (κ2) is 5.92. The summed E-state index contributed by atoms with van der Waals surface area (Å²) in [5, 5.41) is 0.00205. The topological polar surface area (TPSA) is 52.3 Å². The molecule has 0 aliphatic rings. The second-order valence-corrected chi connectivity index (χ2v) is 4.77. The lowest BCUT2D eigenvalue weighted by Crippen LogP contribution is -2.08. The van der Waals surface area contributed by atoms with Crippen molar-refractivity contribution in [2.45, 2.75) is 13.5 Å². The van der Waals surface area contributed by atoms with Gasteiger partial charge in [0.2, 0.25) is 0 Å². The second-order valence-electron chi connectivity index (χ2n) is 4.36. The monoisotopic (exact) mass is 293 g/mol. The molecule has 0 aliphatic heterocycles.